The summed E-state index contributed by atoms with van der Waals surface area (Å²) in [6, 6.07) is 2.50. The Kier molecular flexibility index (Phi) is 5.87. The Morgan fingerprint density at radius 2 is 1.80 bits per heavy atom. The molecule has 1 rings (SSSR count). The number of nitrogens with one attached hydrogen (secondary N) is 2. The zero-order valence-electron chi connectivity index (χ0n) is 12.3. The van der Waals surface area contributed by atoms with Gasteiger partial charge in [0, 0.05) is 6.07 Å². The standard InChI is InChI=1S/C12H11F7N2O4/c1-2-25-6-3-4-7(8(5-6)21(23)24)20-9(22)10(13,14)11(15,16)12(17,18)19/h3-5,21,23H,2H2,1H3,(H,20,22). The molecule has 1 aromatic carbocycles. The van der Waals surface area contributed by atoms with Crippen molar-refractivity contribution in [1.82, 2.24) is 0 Å². The maximum atomic E-state index is 13.3. The Morgan fingerprint density at radius 1 is 1.24 bits per heavy atom. The second kappa shape index (κ2) is 7.01. The van der Waals surface area contributed by atoms with Crippen LogP contribution >= 0.6 is 0 Å². The smallest absolute Gasteiger partial charge is 0.460 e. The summed E-state index contributed by atoms with van der Waals surface area (Å²) in [5.74, 6) is -15.9. The molecule has 0 aliphatic carbocycles. The highest BCUT2D eigenvalue weighted by molar-refractivity contribution is 5.98. The van der Waals surface area contributed by atoms with Crippen LogP contribution in [0.1, 0.15) is 6.92 Å². The molecule has 3 N–H and O–H groups in total. The van der Waals surface area contributed by atoms with E-state index in [0.717, 1.165) is 17.4 Å². The number of carbonyl (C=O) groups excluding carboxylic acids is 1. The first-order chi connectivity index (χ1) is 11.3. The van der Waals surface area contributed by atoms with Crippen LogP contribution in [0.2, 0.25) is 0 Å². The Hall–Kier alpha value is -2.12. The van der Waals surface area contributed by atoms with Gasteiger partial charge >= 0.3 is 23.9 Å². The molecule has 1 aromatic rings. The third-order valence-electron chi connectivity index (χ3n) is 2.82. The molecule has 1 atom stereocenters. The van der Waals surface area contributed by atoms with Crippen LogP contribution in [0.4, 0.5) is 42.1 Å². The van der Waals surface area contributed by atoms with Gasteiger partial charge in [-0.3, -0.25) is 4.79 Å². The number of benzene rings is 1. The summed E-state index contributed by atoms with van der Waals surface area (Å²) < 4.78 is 93.2. The van der Waals surface area contributed by atoms with Crippen molar-refractivity contribution in [3.8, 4) is 5.75 Å². The number of amides is 1. The second-order valence-electron chi connectivity index (χ2n) is 4.55. The number of quaternary nitrogens is 1. The molecule has 25 heavy (non-hydrogen) atoms. The normalized spacial score (nSPS) is 14.2. The van der Waals surface area contributed by atoms with E-state index in [1.165, 1.54) is 6.92 Å². The van der Waals surface area contributed by atoms with Crippen molar-refractivity contribution in [2.75, 3.05) is 11.9 Å². The van der Waals surface area contributed by atoms with Gasteiger partial charge in [-0.15, -0.1) is 0 Å². The molecule has 0 aliphatic rings. The van der Waals surface area contributed by atoms with Crippen molar-refractivity contribution >= 4 is 17.3 Å². The fourth-order valence-corrected chi connectivity index (χ4v) is 1.59. The van der Waals surface area contributed by atoms with E-state index >= 15 is 0 Å². The third kappa shape index (κ3) is 4.11. The quantitative estimate of drug-likeness (QED) is 0.522. The molecule has 0 aromatic heterocycles. The summed E-state index contributed by atoms with van der Waals surface area (Å²) in [5.41, 5.74) is -1.75. The zero-order valence-corrected chi connectivity index (χ0v) is 12.3. The highest BCUT2D eigenvalue weighted by Crippen LogP contribution is 2.47. The first-order valence-corrected chi connectivity index (χ1v) is 6.39. The van der Waals surface area contributed by atoms with Gasteiger partial charge in [-0.25, -0.2) is 5.21 Å². The van der Waals surface area contributed by atoms with Gasteiger partial charge in [0.25, 0.3) is 0 Å². The van der Waals surface area contributed by atoms with E-state index in [1.54, 1.807) is 0 Å². The molecule has 0 fully saturated rings. The lowest BCUT2D eigenvalue weighted by Gasteiger charge is -2.27. The Morgan fingerprint density at radius 3 is 2.24 bits per heavy atom. The average Bonchev–Trinajstić information content (AvgIpc) is 2.47. The van der Waals surface area contributed by atoms with Gasteiger partial charge < -0.3 is 15.3 Å². The molecular formula is C12H11F7N2O4. The van der Waals surface area contributed by atoms with Crippen molar-refractivity contribution in [3.05, 3.63) is 23.4 Å². The molecule has 6 nitrogen and oxygen atoms in total. The van der Waals surface area contributed by atoms with E-state index < -0.39 is 40.5 Å². The lowest BCUT2D eigenvalue weighted by molar-refractivity contribution is -0.990. The molecule has 13 heteroatoms. The van der Waals surface area contributed by atoms with Gasteiger partial charge in [-0.1, -0.05) is 0 Å². The largest absolute Gasteiger partial charge is 0.595 e. The summed E-state index contributed by atoms with van der Waals surface area (Å²) >= 11 is 0. The summed E-state index contributed by atoms with van der Waals surface area (Å²) in [6.07, 6.45) is -6.69. The van der Waals surface area contributed by atoms with Crippen LogP contribution in [-0.4, -0.2) is 35.7 Å². The number of hydrogen-bond donors (Lipinski definition) is 3. The molecule has 0 bridgehead atoms. The van der Waals surface area contributed by atoms with Gasteiger partial charge in [0.1, 0.15) is 11.4 Å². The van der Waals surface area contributed by atoms with Crippen LogP contribution in [0.25, 0.3) is 0 Å². The van der Waals surface area contributed by atoms with E-state index in [0.29, 0.717) is 6.07 Å². The monoisotopic (exact) mass is 380 g/mol. The Bertz CT molecular complexity index is 634. The summed E-state index contributed by atoms with van der Waals surface area (Å²) in [6.45, 7) is 1.64. The molecule has 0 radical (unpaired) electrons. The molecule has 142 valence electrons. The van der Waals surface area contributed by atoms with Crippen LogP contribution in [-0.2, 0) is 4.79 Å². The van der Waals surface area contributed by atoms with E-state index in [1.807, 2.05) is 0 Å². The first-order valence-electron chi connectivity index (χ1n) is 6.39. The zero-order chi connectivity index (χ0) is 19.6. The highest BCUT2D eigenvalue weighted by Gasteiger charge is 2.76. The molecule has 0 aliphatic heterocycles. The molecule has 1 amide bonds. The van der Waals surface area contributed by atoms with Crippen molar-refractivity contribution in [3.63, 3.8) is 0 Å². The summed E-state index contributed by atoms with van der Waals surface area (Å²) in [7, 11) is 0. The fraction of sp³-hybridized carbons (Fsp3) is 0.417. The van der Waals surface area contributed by atoms with Crippen LogP contribution < -0.4 is 15.3 Å². The first kappa shape index (κ1) is 20.9. The van der Waals surface area contributed by atoms with Gasteiger partial charge in [-0.05, 0) is 19.1 Å². The van der Waals surface area contributed by atoms with E-state index in [9.17, 15) is 40.7 Å². The molecule has 0 saturated carbocycles. The second-order valence-corrected chi connectivity index (χ2v) is 4.55. The van der Waals surface area contributed by atoms with Crippen LogP contribution in [0.5, 0.6) is 5.75 Å². The maximum absolute atomic E-state index is 13.3. The number of ether oxygens (including phenoxy) is 1. The Labute approximate surface area is 135 Å². The van der Waals surface area contributed by atoms with Crippen molar-refractivity contribution in [2.24, 2.45) is 0 Å². The van der Waals surface area contributed by atoms with Crippen LogP contribution in [0, 0.1) is 5.21 Å². The van der Waals surface area contributed by atoms with Gasteiger partial charge in [0.2, 0.25) is 0 Å². The topological polar surface area (TPSA) is 86.1 Å². The predicted octanol–water partition coefficient (Wildman–Crippen LogP) is 2.26. The lowest BCUT2D eigenvalue weighted by atomic mass is 10.1. The summed E-state index contributed by atoms with van der Waals surface area (Å²) in [4.78, 5) is 11.2. The number of carbonyl (C=O) groups is 1. The predicted molar refractivity (Wildman–Crippen MR) is 68.0 cm³/mol. The number of hydrogen-bond acceptors (Lipinski definition) is 4. The molecule has 0 heterocycles. The minimum absolute atomic E-state index is 0.0507. The number of alkyl halides is 7. The van der Waals surface area contributed by atoms with Crippen molar-refractivity contribution < 1.29 is 50.7 Å². The van der Waals surface area contributed by atoms with E-state index in [4.69, 9.17) is 9.94 Å². The minimum Gasteiger partial charge on any atom is -0.595 e. The molecule has 0 saturated heterocycles. The fourth-order valence-electron chi connectivity index (χ4n) is 1.59. The average molecular weight is 380 g/mol. The van der Waals surface area contributed by atoms with Gasteiger partial charge in [0.05, 0.1) is 6.61 Å². The highest BCUT2D eigenvalue weighted by atomic mass is 19.4. The molecule has 1 unspecified atom stereocenters. The van der Waals surface area contributed by atoms with Gasteiger partial charge in [-0.2, -0.15) is 36.0 Å². The van der Waals surface area contributed by atoms with E-state index in [2.05, 4.69) is 0 Å². The van der Waals surface area contributed by atoms with Crippen LogP contribution in [0.3, 0.4) is 0 Å². The van der Waals surface area contributed by atoms with Crippen molar-refractivity contribution in [1.29, 1.82) is 0 Å². The number of anilines is 1. The number of rotatable bonds is 6. The molecule has 0 spiro atoms. The Balaban J connectivity index is 3.19. The van der Waals surface area contributed by atoms with Crippen molar-refractivity contribution in [2.45, 2.75) is 24.9 Å². The SMILES string of the molecule is CCOc1ccc(NC(=O)C(F)(F)C(F)(F)C(F)(F)F)c([NH+]([O-])O)c1. The number of halogens is 7. The molecular weight excluding hydrogens is 369 g/mol. The van der Waals surface area contributed by atoms with E-state index in [-0.39, 0.29) is 12.4 Å². The van der Waals surface area contributed by atoms with Crippen LogP contribution in [0.15, 0.2) is 18.2 Å². The third-order valence-corrected chi connectivity index (χ3v) is 2.82. The lowest BCUT2D eigenvalue weighted by Crippen LogP contribution is -2.99. The maximum Gasteiger partial charge on any atom is 0.460 e. The van der Waals surface area contributed by atoms with Gasteiger partial charge in [0.15, 0.2) is 5.69 Å². The summed E-state index contributed by atoms with van der Waals surface area (Å²) in [5, 5.41) is 19.3. The minimum atomic E-state index is -6.69.